The minimum atomic E-state index is -0.282. The van der Waals surface area contributed by atoms with E-state index in [4.69, 9.17) is 4.74 Å². The fraction of sp³-hybridized carbons (Fsp3) is 0.0833. The molecule has 4 nitrogen and oxygen atoms in total. The summed E-state index contributed by atoms with van der Waals surface area (Å²) < 4.78 is 18.9. The van der Waals surface area contributed by atoms with Crippen LogP contribution in [-0.2, 0) is 11.4 Å². The lowest BCUT2D eigenvalue weighted by molar-refractivity contribution is -0.115. The highest BCUT2D eigenvalue weighted by Gasteiger charge is 2.23. The first-order valence-electron chi connectivity index (χ1n) is 9.39. The molecule has 0 radical (unpaired) electrons. The molecular formula is C24H19FN2O2S. The van der Waals surface area contributed by atoms with Gasteiger partial charge in [-0.05, 0) is 72.3 Å². The van der Waals surface area contributed by atoms with Crippen molar-refractivity contribution in [3.05, 3.63) is 100 Å². The number of amidine groups is 1. The van der Waals surface area contributed by atoms with Crippen LogP contribution < -0.4 is 10.1 Å². The zero-order valence-electron chi connectivity index (χ0n) is 16.3. The van der Waals surface area contributed by atoms with E-state index in [1.54, 1.807) is 6.07 Å². The molecule has 1 N–H and O–H groups in total. The molecule has 1 saturated heterocycles. The van der Waals surface area contributed by atoms with Crippen molar-refractivity contribution < 1.29 is 13.9 Å². The summed E-state index contributed by atoms with van der Waals surface area (Å²) in [5.41, 5.74) is 3.60. The lowest BCUT2D eigenvalue weighted by Crippen LogP contribution is -2.19. The van der Waals surface area contributed by atoms with Gasteiger partial charge in [0.1, 0.15) is 18.2 Å². The van der Waals surface area contributed by atoms with Crippen LogP contribution in [0.2, 0.25) is 0 Å². The number of thioether (sulfide) groups is 1. The smallest absolute Gasteiger partial charge is 0.264 e. The second-order valence-corrected chi connectivity index (χ2v) is 7.84. The number of carbonyl (C=O) groups is 1. The van der Waals surface area contributed by atoms with E-state index in [1.807, 2.05) is 67.6 Å². The van der Waals surface area contributed by atoms with E-state index in [9.17, 15) is 9.18 Å². The van der Waals surface area contributed by atoms with Gasteiger partial charge in [-0.2, -0.15) is 0 Å². The molecule has 4 rings (SSSR count). The van der Waals surface area contributed by atoms with Crippen LogP contribution >= 0.6 is 11.8 Å². The number of halogens is 1. The van der Waals surface area contributed by atoms with Gasteiger partial charge < -0.3 is 10.1 Å². The van der Waals surface area contributed by atoms with E-state index >= 15 is 0 Å². The largest absolute Gasteiger partial charge is 0.489 e. The Balaban J connectivity index is 1.40. The number of hydrogen-bond acceptors (Lipinski definition) is 4. The normalized spacial score (nSPS) is 16.1. The van der Waals surface area contributed by atoms with Gasteiger partial charge >= 0.3 is 0 Å². The fourth-order valence-electron chi connectivity index (χ4n) is 2.82. The van der Waals surface area contributed by atoms with E-state index in [1.165, 1.54) is 23.9 Å². The van der Waals surface area contributed by atoms with Gasteiger partial charge in [0.2, 0.25) is 0 Å². The molecule has 1 aliphatic heterocycles. The molecule has 0 bridgehead atoms. The second-order valence-electron chi connectivity index (χ2n) is 6.80. The number of nitrogens with one attached hydrogen (secondary N) is 1. The molecule has 0 atom stereocenters. The van der Waals surface area contributed by atoms with Gasteiger partial charge in [-0.15, -0.1) is 0 Å². The summed E-state index contributed by atoms with van der Waals surface area (Å²) in [7, 11) is 0. The van der Waals surface area contributed by atoms with Crippen LogP contribution in [0, 0.1) is 12.7 Å². The van der Waals surface area contributed by atoms with Crippen LogP contribution in [0.3, 0.4) is 0 Å². The highest BCUT2D eigenvalue weighted by molar-refractivity contribution is 8.18. The molecule has 3 aromatic rings. The highest BCUT2D eigenvalue weighted by atomic mass is 32.2. The van der Waals surface area contributed by atoms with Gasteiger partial charge in [-0.3, -0.25) is 4.79 Å². The molecule has 0 saturated carbocycles. The minimum Gasteiger partial charge on any atom is -0.489 e. The molecular weight excluding hydrogens is 399 g/mol. The summed E-state index contributed by atoms with van der Waals surface area (Å²) in [6.07, 6.45) is 1.81. The van der Waals surface area contributed by atoms with Crippen LogP contribution in [0.25, 0.3) is 6.08 Å². The van der Waals surface area contributed by atoms with Crippen molar-refractivity contribution in [1.29, 1.82) is 0 Å². The molecule has 1 heterocycles. The third-order valence-electron chi connectivity index (χ3n) is 4.39. The third kappa shape index (κ3) is 5.15. The van der Waals surface area contributed by atoms with Gasteiger partial charge in [0.25, 0.3) is 5.91 Å². The average Bonchev–Trinajstić information content (AvgIpc) is 3.08. The SMILES string of the molecule is Cc1ccc(N=C2NC(=O)/C(=C\c3ccc(OCc4cccc(F)c4)cc3)S2)cc1. The van der Waals surface area contributed by atoms with E-state index < -0.39 is 0 Å². The molecule has 3 aromatic carbocycles. The van der Waals surface area contributed by atoms with Crippen molar-refractivity contribution in [2.75, 3.05) is 0 Å². The van der Waals surface area contributed by atoms with Crippen molar-refractivity contribution in [2.24, 2.45) is 4.99 Å². The number of carbonyl (C=O) groups excluding carboxylic acids is 1. The maximum Gasteiger partial charge on any atom is 0.264 e. The molecule has 0 unspecified atom stereocenters. The summed E-state index contributed by atoms with van der Waals surface area (Å²) in [5, 5.41) is 3.35. The zero-order chi connectivity index (χ0) is 20.9. The number of nitrogens with zero attached hydrogens (tertiary/aromatic N) is 1. The number of hydrogen-bond donors (Lipinski definition) is 1. The second kappa shape index (κ2) is 8.97. The minimum absolute atomic E-state index is 0.169. The summed E-state index contributed by atoms with van der Waals surface area (Å²) >= 11 is 1.31. The molecule has 0 aliphatic carbocycles. The zero-order valence-corrected chi connectivity index (χ0v) is 17.1. The van der Waals surface area contributed by atoms with Crippen LogP contribution in [0.4, 0.5) is 10.1 Å². The summed E-state index contributed by atoms with van der Waals surface area (Å²) in [5.74, 6) is 0.222. The standard InChI is InChI=1S/C24H19FN2O2S/c1-16-5-9-20(10-6-16)26-24-27-23(28)22(30-24)14-17-7-11-21(12-8-17)29-15-18-3-2-4-19(25)13-18/h2-14H,15H2,1H3,(H,26,27,28)/b22-14+. The topological polar surface area (TPSA) is 50.7 Å². The predicted octanol–water partition coefficient (Wildman–Crippen LogP) is 5.60. The van der Waals surface area contributed by atoms with E-state index in [-0.39, 0.29) is 18.3 Å². The van der Waals surface area contributed by atoms with Gasteiger partial charge in [-0.25, -0.2) is 9.38 Å². The molecule has 150 valence electrons. The Morgan fingerprint density at radius 3 is 2.57 bits per heavy atom. The molecule has 1 aliphatic rings. The maximum absolute atomic E-state index is 13.2. The third-order valence-corrected chi connectivity index (χ3v) is 5.30. The number of rotatable bonds is 5. The van der Waals surface area contributed by atoms with Gasteiger partial charge in [0.05, 0.1) is 10.6 Å². The fourth-order valence-corrected chi connectivity index (χ4v) is 3.66. The first kappa shape index (κ1) is 19.9. The Hall–Kier alpha value is -3.38. The highest BCUT2D eigenvalue weighted by Crippen LogP contribution is 2.28. The first-order valence-corrected chi connectivity index (χ1v) is 10.2. The van der Waals surface area contributed by atoms with Crippen molar-refractivity contribution in [1.82, 2.24) is 5.32 Å². The Labute approximate surface area is 178 Å². The van der Waals surface area contributed by atoms with Crippen molar-refractivity contribution in [2.45, 2.75) is 13.5 Å². The predicted molar refractivity (Wildman–Crippen MR) is 119 cm³/mol. The lowest BCUT2D eigenvalue weighted by atomic mass is 10.2. The monoisotopic (exact) mass is 418 g/mol. The van der Waals surface area contributed by atoms with Crippen molar-refractivity contribution in [3.63, 3.8) is 0 Å². The van der Waals surface area contributed by atoms with E-state index in [0.29, 0.717) is 15.8 Å². The van der Waals surface area contributed by atoms with Crippen molar-refractivity contribution >= 4 is 34.6 Å². The average molecular weight is 418 g/mol. The van der Waals surface area contributed by atoms with Crippen molar-refractivity contribution in [3.8, 4) is 5.75 Å². The number of benzene rings is 3. The number of aryl methyl sites for hydroxylation is 1. The maximum atomic E-state index is 13.2. The van der Waals surface area contributed by atoms with Crippen LogP contribution in [0.5, 0.6) is 5.75 Å². The lowest BCUT2D eigenvalue weighted by Gasteiger charge is -2.06. The van der Waals surface area contributed by atoms with Gasteiger partial charge in [-0.1, -0.05) is 42.0 Å². The van der Waals surface area contributed by atoms with Crippen LogP contribution in [-0.4, -0.2) is 11.1 Å². The molecule has 1 fully saturated rings. The molecule has 0 spiro atoms. The number of aliphatic imine (C=N–C) groups is 1. The number of amides is 1. The summed E-state index contributed by atoms with van der Waals surface area (Å²) in [4.78, 5) is 17.3. The summed E-state index contributed by atoms with van der Waals surface area (Å²) in [6, 6.07) is 21.5. The van der Waals surface area contributed by atoms with Crippen LogP contribution in [0.1, 0.15) is 16.7 Å². The van der Waals surface area contributed by atoms with E-state index in [2.05, 4.69) is 10.3 Å². The van der Waals surface area contributed by atoms with Crippen LogP contribution in [0.15, 0.2) is 82.7 Å². The van der Waals surface area contributed by atoms with E-state index in [0.717, 1.165) is 22.4 Å². The Kier molecular flexibility index (Phi) is 5.95. The Bertz CT molecular complexity index is 1120. The quantitative estimate of drug-likeness (QED) is 0.549. The molecule has 30 heavy (non-hydrogen) atoms. The Morgan fingerprint density at radius 1 is 1.07 bits per heavy atom. The molecule has 6 heteroatoms. The van der Waals surface area contributed by atoms with Gasteiger partial charge in [0, 0.05) is 0 Å². The summed E-state index contributed by atoms with van der Waals surface area (Å²) in [6.45, 7) is 2.30. The first-order chi connectivity index (χ1) is 14.5. The Morgan fingerprint density at radius 2 is 1.83 bits per heavy atom. The van der Waals surface area contributed by atoms with Gasteiger partial charge in [0.15, 0.2) is 5.17 Å². The molecule has 0 aromatic heterocycles. The number of ether oxygens (including phenoxy) is 1. The molecule has 1 amide bonds.